The molecule has 4 heteroatoms. The Kier molecular flexibility index (Phi) is 3.56. The average molecular weight is 282 g/mol. The number of carbonyl (C=O) groups is 1. The van der Waals surface area contributed by atoms with Gasteiger partial charge >= 0.3 is 0 Å². The molecule has 1 aliphatic rings. The lowest BCUT2D eigenvalue weighted by atomic mass is 10.1. The van der Waals surface area contributed by atoms with Crippen LogP contribution >= 0.6 is 11.8 Å². The van der Waals surface area contributed by atoms with Crippen molar-refractivity contribution >= 4 is 29.1 Å². The van der Waals surface area contributed by atoms with E-state index in [1.165, 1.54) is 11.8 Å². The molecule has 0 aromatic heterocycles. The molecule has 0 amide bonds. The number of carboxylic acids is 1. The molecular weight excluding hydrogens is 270 g/mol. The second-order valence-corrected chi connectivity index (χ2v) is 5.77. The highest BCUT2D eigenvalue weighted by Gasteiger charge is 2.21. The van der Waals surface area contributed by atoms with Crippen LogP contribution in [0.1, 0.15) is 12.0 Å². The molecular formula is C16H12NO2S-. The maximum absolute atomic E-state index is 11.3. The van der Waals surface area contributed by atoms with Gasteiger partial charge in [-0.05, 0) is 17.7 Å². The van der Waals surface area contributed by atoms with E-state index in [2.05, 4.69) is 4.99 Å². The molecule has 0 saturated carbocycles. The van der Waals surface area contributed by atoms with Crippen molar-refractivity contribution in [1.82, 2.24) is 0 Å². The summed E-state index contributed by atoms with van der Waals surface area (Å²) in [6, 6.07) is 17.3. The minimum atomic E-state index is -1.05. The predicted octanol–water partition coefficient (Wildman–Crippen LogP) is 2.42. The summed E-state index contributed by atoms with van der Waals surface area (Å²) in [6.45, 7) is 0. The average Bonchev–Trinajstić information content (AvgIpc) is 2.67. The molecule has 3 rings (SSSR count). The lowest BCUT2D eigenvalue weighted by Crippen LogP contribution is -2.34. The molecule has 3 nitrogen and oxygen atoms in total. The number of nitrogens with zero attached hydrogens (tertiary/aromatic N) is 1. The van der Waals surface area contributed by atoms with Crippen LogP contribution < -0.4 is 5.11 Å². The topological polar surface area (TPSA) is 52.5 Å². The second kappa shape index (κ2) is 5.51. The van der Waals surface area contributed by atoms with Gasteiger partial charge in [0, 0.05) is 17.0 Å². The van der Waals surface area contributed by atoms with Crippen LogP contribution in [0, 0.1) is 0 Å². The molecule has 1 atom stereocenters. The molecule has 0 fully saturated rings. The van der Waals surface area contributed by atoms with Crippen molar-refractivity contribution in [3.8, 4) is 0 Å². The zero-order valence-electron chi connectivity index (χ0n) is 10.7. The third kappa shape index (κ3) is 2.60. The normalized spacial score (nSPS) is 17.8. The van der Waals surface area contributed by atoms with Gasteiger partial charge in [0.1, 0.15) is 0 Å². The van der Waals surface area contributed by atoms with E-state index in [0.717, 1.165) is 21.9 Å². The molecule has 2 aromatic rings. The number of hydrogen-bond donors (Lipinski definition) is 0. The van der Waals surface area contributed by atoms with Gasteiger partial charge < -0.3 is 9.90 Å². The fourth-order valence-corrected chi connectivity index (χ4v) is 3.19. The Labute approximate surface area is 121 Å². The molecule has 1 aliphatic heterocycles. The van der Waals surface area contributed by atoms with E-state index in [4.69, 9.17) is 0 Å². The first-order valence-corrected chi connectivity index (χ1v) is 7.21. The highest BCUT2D eigenvalue weighted by Crippen LogP contribution is 2.37. The maximum atomic E-state index is 11.3. The number of aliphatic carboxylic acids is 1. The molecule has 1 heterocycles. The Hall–Kier alpha value is -2.07. The lowest BCUT2D eigenvalue weighted by Gasteiger charge is -2.16. The zero-order chi connectivity index (χ0) is 13.9. The summed E-state index contributed by atoms with van der Waals surface area (Å²) in [5.74, 6) is -1.05. The van der Waals surface area contributed by atoms with Crippen molar-refractivity contribution in [1.29, 1.82) is 0 Å². The first-order valence-electron chi connectivity index (χ1n) is 6.33. The number of rotatable bonds is 2. The molecule has 0 bridgehead atoms. The molecule has 20 heavy (non-hydrogen) atoms. The van der Waals surface area contributed by atoms with E-state index >= 15 is 0 Å². The summed E-state index contributed by atoms with van der Waals surface area (Å²) in [6.07, 6.45) is 0.367. The van der Waals surface area contributed by atoms with Gasteiger partial charge in [-0.3, -0.25) is 4.99 Å². The first kappa shape index (κ1) is 12.9. The van der Waals surface area contributed by atoms with Gasteiger partial charge in [0.05, 0.1) is 16.9 Å². The van der Waals surface area contributed by atoms with Crippen LogP contribution in [-0.2, 0) is 4.79 Å². The van der Waals surface area contributed by atoms with Crippen molar-refractivity contribution in [2.24, 2.45) is 4.99 Å². The lowest BCUT2D eigenvalue weighted by molar-refractivity contribution is -0.304. The molecule has 0 spiro atoms. The summed E-state index contributed by atoms with van der Waals surface area (Å²) in [4.78, 5) is 16.8. The Morgan fingerprint density at radius 2 is 1.80 bits per heavy atom. The summed E-state index contributed by atoms with van der Waals surface area (Å²) in [7, 11) is 0. The van der Waals surface area contributed by atoms with Gasteiger partial charge in [-0.2, -0.15) is 0 Å². The zero-order valence-corrected chi connectivity index (χ0v) is 11.5. The first-order chi connectivity index (χ1) is 9.74. The van der Waals surface area contributed by atoms with Gasteiger partial charge in [-0.1, -0.05) is 42.5 Å². The summed E-state index contributed by atoms with van der Waals surface area (Å²) in [5.41, 5.74) is 2.56. The Bertz CT molecular complexity index is 667. The van der Waals surface area contributed by atoms with E-state index < -0.39 is 11.2 Å². The molecule has 0 unspecified atom stereocenters. The van der Waals surface area contributed by atoms with Gasteiger partial charge in [0.15, 0.2) is 0 Å². The van der Waals surface area contributed by atoms with Crippen molar-refractivity contribution in [2.75, 3.05) is 0 Å². The smallest absolute Gasteiger partial charge is 0.0769 e. The van der Waals surface area contributed by atoms with Crippen LogP contribution in [-0.4, -0.2) is 16.9 Å². The number of thioether (sulfide) groups is 1. The van der Waals surface area contributed by atoms with Crippen LogP contribution in [0.2, 0.25) is 0 Å². The second-order valence-electron chi connectivity index (χ2n) is 4.52. The molecule has 2 aromatic carbocycles. The third-order valence-electron chi connectivity index (χ3n) is 3.14. The van der Waals surface area contributed by atoms with Crippen LogP contribution in [0.15, 0.2) is 64.5 Å². The Morgan fingerprint density at radius 3 is 2.55 bits per heavy atom. The molecule has 0 radical (unpaired) electrons. The molecule has 0 N–H and O–H groups in total. The molecule has 0 saturated heterocycles. The van der Waals surface area contributed by atoms with Crippen LogP contribution in [0.3, 0.4) is 0 Å². The van der Waals surface area contributed by atoms with Crippen molar-refractivity contribution < 1.29 is 9.90 Å². The maximum Gasteiger partial charge on any atom is 0.0769 e. The minimum Gasteiger partial charge on any atom is -0.549 e. The van der Waals surface area contributed by atoms with E-state index in [0.29, 0.717) is 6.42 Å². The van der Waals surface area contributed by atoms with E-state index in [-0.39, 0.29) is 0 Å². The largest absolute Gasteiger partial charge is 0.549 e. The van der Waals surface area contributed by atoms with Crippen molar-refractivity contribution in [3.63, 3.8) is 0 Å². The van der Waals surface area contributed by atoms with E-state index in [1.54, 1.807) is 0 Å². The standard InChI is InChI=1S/C16H13NO2S/c18-16(19)15-10-13(11-6-2-1-3-7-11)17-12-8-4-5-9-14(12)20-15/h1-9,15H,10H2,(H,18,19)/p-1/t15-/m0/s1. The highest BCUT2D eigenvalue weighted by molar-refractivity contribution is 8.00. The molecule has 100 valence electrons. The summed E-state index contributed by atoms with van der Waals surface area (Å²) < 4.78 is 0. The fourth-order valence-electron chi connectivity index (χ4n) is 2.16. The van der Waals surface area contributed by atoms with Gasteiger partial charge in [-0.25, -0.2) is 0 Å². The van der Waals surface area contributed by atoms with Crippen LogP contribution in [0.4, 0.5) is 5.69 Å². The van der Waals surface area contributed by atoms with Gasteiger partial charge in [-0.15, -0.1) is 11.8 Å². The summed E-state index contributed by atoms with van der Waals surface area (Å²) in [5, 5.41) is 10.7. The fraction of sp³-hybridized carbons (Fsp3) is 0.125. The molecule has 0 aliphatic carbocycles. The Morgan fingerprint density at radius 1 is 1.10 bits per heavy atom. The van der Waals surface area contributed by atoms with Crippen LogP contribution in [0.5, 0.6) is 0 Å². The van der Waals surface area contributed by atoms with Crippen molar-refractivity contribution in [3.05, 3.63) is 60.2 Å². The monoisotopic (exact) mass is 282 g/mol. The predicted molar refractivity (Wildman–Crippen MR) is 78.4 cm³/mol. The van der Waals surface area contributed by atoms with Crippen LogP contribution in [0.25, 0.3) is 0 Å². The van der Waals surface area contributed by atoms with E-state index in [9.17, 15) is 9.90 Å². The minimum absolute atomic E-state index is 0.367. The number of benzene rings is 2. The Balaban J connectivity index is 2.09. The quantitative estimate of drug-likeness (QED) is 0.850. The van der Waals surface area contributed by atoms with Crippen molar-refractivity contribution in [2.45, 2.75) is 16.6 Å². The number of aliphatic imine (C=N–C) groups is 1. The number of fused-ring (bicyclic) bond motifs is 1. The van der Waals surface area contributed by atoms with E-state index in [1.807, 2.05) is 54.6 Å². The number of carboxylic acid groups (broad SMARTS) is 1. The number of carbonyl (C=O) groups excluding carboxylic acids is 1. The van der Waals surface area contributed by atoms with Gasteiger partial charge in [0.2, 0.25) is 0 Å². The SMILES string of the molecule is O=C([O-])[C@@H]1CC(c2ccccc2)=Nc2ccccc2S1. The number of hydrogen-bond acceptors (Lipinski definition) is 4. The highest BCUT2D eigenvalue weighted by atomic mass is 32.2. The van der Waals surface area contributed by atoms with Gasteiger partial charge in [0.25, 0.3) is 0 Å². The summed E-state index contributed by atoms with van der Waals surface area (Å²) >= 11 is 1.31. The number of para-hydroxylation sites is 1. The third-order valence-corrected chi connectivity index (χ3v) is 4.38.